The molecule has 98 valence electrons. The summed E-state index contributed by atoms with van der Waals surface area (Å²) in [6, 6.07) is 0. The summed E-state index contributed by atoms with van der Waals surface area (Å²) in [6.07, 6.45) is -1.05. The van der Waals surface area contributed by atoms with Crippen LogP contribution >= 0.6 is 11.6 Å². The molecule has 0 saturated heterocycles. The van der Waals surface area contributed by atoms with Gasteiger partial charge < -0.3 is 14.9 Å². The van der Waals surface area contributed by atoms with Crippen LogP contribution in [0.1, 0.15) is 5.82 Å². The monoisotopic (exact) mass is 273 g/mol. The van der Waals surface area contributed by atoms with E-state index in [4.69, 9.17) is 21.4 Å². The van der Waals surface area contributed by atoms with Crippen LogP contribution in [0, 0.1) is 6.92 Å². The van der Waals surface area contributed by atoms with Crippen LogP contribution in [0.5, 0.6) is 5.75 Å². The van der Waals surface area contributed by atoms with Crippen LogP contribution in [0.25, 0.3) is 0 Å². The molecule has 2 rings (SSSR count). The third-order valence-electron chi connectivity index (χ3n) is 2.42. The number of aliphatic hydroxyl groups is 2. The maximum absolute atomic E-state index is 11.7. The number of nitrogens with zero attached hydrogens (tertiary/aromatic N) is 3. The van der Waals surface area contributed by atoms with Gasteiger partial charge in [-0.2, -0.15) is 0 Å². The van der Waals surface area contributed by atoms with Gasteiger partial charge in [-0.05, 0) is 6.92 Å². The summed E-state index contributed by atoms with van der Waals surface area (Å²) < 4.78 is 5.17. The minimum atomic E-state index is -1.05. The molecule has 0 fully saturated rings. The van der Waals surface area contributed by atoms with Gasteiger partial charge >= 0.3 is 0 Å². The van der Waals surface area contributed by atoms with E-state index in [-0.39, 0.29) is 35.8 Å². The number of β-amino-alcohol motifs (C(OH)–C–C–N with tert-alkyl or cyclic N) is 1. The van der Waals surface area contributed by atoms with Gasteiger partial charge in [-0.3, -0.25) is 9.69 Å². The third-order valence-corrected chi connectivity index (χ3v) is 2.68. The van der Waals surface area contributed by atoms with Crippen molar-refractivity contribution in [3.8, 4) is 5.75 Å². The number of hydrogen-bond acceptors (Lipinski definition) is 6. The summed E-state index contributed by atoms with van der Waals surface area (Å²) in [5.74, 6) is 0.466. The number of amides is 1. The van der Waals surface area contributed by atoms with Crippen LogP contribution in [0.3, 0.4) is 0 Å². The van der Waals surface area contributed by atoms with Gasteiger partial charge in [0.15, 0.2) is 23.3 Å². The first-order valence-electron chi connectivity index (χ1n) is 5.29. The number of aryl methyl sites for hydroxylation is 1. The molecular weight excluding hydrogens is 262 g/mol. The molecule has 18 heavy (non-hydrogen) atoms. The molecule has 1 aromatic rings. The lowest BCUT2D eigenvalue weighted by Crippen LogP contribution is -2.44. The van der Waals surface area contributed by atoms with E-state index in [1.54, 1.807) is 6.92 Å². The van der Waals surface area contributed by atoms with Gasteiger partial charge in [-0.25, -0.2) is 9.97 Å². The van der Waals surface area contributed by atoms with Crippen LogP contribution in [0.4, 0.5) is 5.82 Å². The maximum atomic E-state index is 11.7. The Kier molecular flexibility index (Phi) is 3.65. The zero-order chi connectivity index (χ0) is 13.3. The van der Waals surface area contributed by atoms with Crippen molar-refractivity contribution in [3.05, 3.63) is 11.0 Å². The highest BCUT2D eigenvalue weighted by Crippen LogP contribution is 2.35. The number of carbonyl (C=O) groups excluding carboxylic acids is 1. The Labute approximate surface area is 108 Å². The fourth-order valence-electron chi connectivity index (χ4n) is 1.61. The zero-order valence-corrected chi connectivity index (χ0v) is 10.4. The lowest BCUT2D eigenvalue weighted by atomic mass is 10.3. The van der Waals surface area contributed by atoms with E-state index >= 15 is 0 Å². The largest absolute Gasteiger partial charge is 0.477 e. The van der Waals surface area contributed by atoms with E-state index < -0.39 is 12.7 Å². The number of fused-ring (bicyclic) bond motifs is 1. The summed E-state index contributed by atoms with van der Waals surface area (Å²) >= 11 is 5.90. The summed E-state index contributed by atoms with van der Waals surface area (Å²) in [6.45, 7) is 0.916. The molecular formula is C10H12ClN3O4. The van der Waals surface area contributed by atoms with Crippen molar-refractivity contribution in [2.24, 2.45) is 0 Å². The number of hydrogen-bond donors (Lipinski definition) is 2. The molecule has 8 heteroatoms. The van der Waals surface area contributed by atoms with Crippen molar-refractivity contribution in [1.29, 1.82) is 0 Å². The molecule has 2 N–H and O–H groups in total. The number of carbonyl (C=O) groups is 1. The topological polar surface area (TPSA) is 95.8 Å². The quantitative estimate of drug-likeness (QED) is 0.722. The van der Waals surface area contributed by atoms with Gasteiger partial charge in [0.05, 0.1) is 19.3 Å². The molecule has 1 atom stereocenters. The smallest absolute Gasteiger partial charge is 0.266 e. The standard InChI is InChI=1S/C10H12ClN3O4/c1-5-12-9(11)8-10(13-5)14(2-6(16)3-15)7(17)4-18-8/h6,15-16H,2-4H2,1H3. The van der Waals surface area contributed by atoms with Gasteiger partial charge in [-0.15, -0.1) is 0 Å². The number of aromatic nitrogens is 2. The van der Waals surface area contributed by atoms with Crippen molar-refractivity contribution in [1.82, 2.24) is 9.97 Å². The lowest BCUT2D eigenvalue weighted by Gasteiger charge is -2.29. The molecule has 0 saturated carbocycles. The highest BCUT2D eigenvalue weighted by atomic mass is 35.5. The number of ether oxygens (including phenoxy) is 1. The van der Waals surface area contributed by atoms with Crippen molar-refractivity contribution in [2.75, 3.05) is 24.7 Å². The van der Waals surface area contributed by atoms with Gasteiger partial charge in [0.2, 0.25) is 0 Å². The third kappa shape index (κ3) is 2.38. The van der Waals surface area contributed by atoms with Crippen molar-refractivity contribution in [2.45, 2.75) is 13.0 Å². The molecule has 0 aromatic carbocycles. The van der Waals surface area contributed by atoms with Crippen molar-refractivity contribution < 1.29 is 19.7 Å². The van der Waals surface area contributed by atoms with E-state index in [1.807, 2.05) is 0 Å². The van der Waals surface area contributed by atoms with E-state index in [1.165, 1.54) is 4.90 Å². The molecule has 0 aliphatic carbocycles. The predicted octanol–water partition coefficient (Wildman–Crippen LogP) is -0.483. The molecule has 0 spiro atoms. The second kappa shape index (κ2) is 5.05. The Hall–Kier alpha value is -1.44. The highest BCUT2D eigenvalue weighted by molar-refractivity contribution is 6.31. The summed E-state index contributed by atoms with van der Waals surface area (Å²) in [5, 5.41) is 18.4. The average Bonchev–Trinajstić information content (AvgIpc) is 2.32. The number of aliphatic hydroxyl groups excluding tert-OH is 2. The first-order valence-corrected chi connectivity index (χ1v) is 5.67. The zero-order valence-electron chi connectivity index (χ0n) is 9.63. The van der Waals surface area contributed by atoms with Crippen LogP contribution in [-0.2, 0) is 4.79 Å². The van der Waals surface area contributed by atoms with Gasteiger partial charge in [0, 0.05) is 0 Å². The molecule has 0 bridgehead atoms. The second-order valence-corrected chi connectivity index (χ2v) is 4.20. The molecule has 1 aromatic heterocycles. The molecule has 1 aliphatic heterocycles. The van der Waals surface area contributed by atoms with Gasteiger partial charge in [0.1, 0.15) is 5.82 Å². The Balaban J connectivity index is 2.40. The number of halogens is 1. The molecule has 7 nitrogen and oxygen atoms in total. The Bertz CT molecular complexity index is 482. The maximum Gasteiger partial charge on any atom is 0.266 e. The molecule has 1 aliphatic rings. The van der Waals surface area contributed by atoms with Crippen molar-refractivity contribution in [3.63, 3.8) is 0 Å². The second-order valence-electron chi connectivity index (χ2n) is 3.84. The first-order chi connectivity index (χ1) is 8.52. The van der Waals surface area contributed by atoms with Crippen molar-refractivity contribution >= 4 is 23.3 Å². The summed E-state index contributed by atoms with van der Waals surface area (Å²) in [4.78, 5) is 21.0. The minimum absolute atomic E-state index is 0.0710. The van der Waals surface area contributed by atoms with E-state index in [0.717, 1.165) is 0 Å². The minimum Gasteiger partial charge on any atom is -0.477 e. The molecule has 0 radical (unpaired) electrons. The fourth-order valence-corrected chi connectivity index (χ4v) is 1.87. The van der Waals surface area contributed by atoms with Crippen LogP contribution in [0.15, 0.2) is 0 Å². The van der Waals surface area contributed by atoms with Gasteiger partial charge in [-0.1, -0.05) is 11.6 Å². The van der Waals surface area contributed by atoms with Crippen LogP contribution in [-0.4, -0.2) is 52.0 Å². The normalized spacial score (nSPS) is 16.2. The van der Waals surface area contributed by atoms with E-state index in [9.17, 15) is 9.90 Å². The van der Waals surface area contributed by atoms with E-state index in [0.29, 0.717) is 5.82 Å². The van der Waals surface area contributed by atoms with Gasteiger partial charge in [0.25, 0.3) is 5.91 Å². The molecule has 2 heterocycles. The predicted molar refractivity (Wildman–Crippen MR) is 62.7 cm³/mol. The number of anilines is 1. The lowest BCUT2D eigenvalue weighted by molar-refractivity contribution is -0.121. The summed E-state index contributed by atoms with van der Waals surface area (Å²) in [5.41, 5.74) is 0. The van der Waals surface area contributed by atoms with Crippen LogP contribution < -0.4 is 9.64 Å². The fraction of sp³-hybridized carbons (Fsp3) is 0.500. The average molecular weight is 274 g/mol. The SMILES string of the molecule is Cc1nc(Cl)c2c(n1)N(CC(O)CO)C(=O)CO2. The Morgan fingerprint density at radius 1 is 1.56 bits per heavy atom. The van der Waals surface area contributed by atoms with E-state index in [2.05, 4.69) is 9.97 Å². The Morgan fingerprint density at radius 3 is 2.94 bits per heavy atom. The molecule has 1 unspecified atom stereocenters. The first kappa shape index (κ1) is 13.0. The Morgan fingerprint density at radius 2 is 2.28 bits per heavy atom. The van der Waals surface area contributed by atoms with Crippen LogP contribution in [0.2, 0.25) is 5.15 Å². The highest BCUT2D eigenvalue weighted by Gasteiger charge is 2.31. The number of rotatable bonds is 3. The molecule has 1 amide bonds. The summed E-state index contributed by atoms with van der Waals surface area (Å²) in [7, 11) is 0.